The number of nitrogens with zero attached hydrogens (tertiary/aromatic N) is 1. The van der Waals surface area contributed by atoms with Gasteiger partial charge in [0, 0.05) is 10.9 Å². The van der Waals surface area contributed by atoms with Crippen LogP contribution in [-0.4, -0.2) is 11.2 Å². The fourth-order valence-corrected chi connectivity index (χ4v) is 2.14. The van der Waals surface area contributed by atoms with Gasteiger partial charge in [0.2, 0.25) is 0 Å². The molecule has 0 radical (unpaired) electrons. The van der Waals surface area contributed by atoms with Crippen LogP contribution in [0.1, 0.15) is 10.4 Å². The molecule has 1 aromatic heterocycles. The SMILES string of the molecule is O=Cc1cc(-c2cccs2)ccc1[N+](=O)[O-]. The predicted octanol–water partition coefficient (Wildman–Crippen LogP) is 3.14. The molecule has 1 aromatic carbocycles. The van der Waals surface area contributed by atoms with Crippen molar-refractivity contribution in [2.75, 3.05) is 0 Å². The number of hydrogen-bond donors (Lipinski definition) is 0. The van der Waals surface area contributed by atoms with Gasteiger partial charge in [0.15, 0.2) is 6.29 Å². The van der Waals surface area contributed by atoms with Gasteiger partial charge in [-0.25, -0.2) is 0 Å². The molecule has 0 aliphatic rings. The van der Waals surface area contributed by atoms with Crippen LogP contribution in [0.3, 0.4) is 0 Å². The highest BCUT2D eigenvalue weighted by molar-refractivity contribution is 7.13. The van der Waals surface area contributed by atoms with Crippen LogP contribution < -0.4 is 0 Å². The second-order valence-corrected chi connectivity index (χ2v) is 4.07. The van der Waals surface area contributed by atoms with Crippen molar-refractivity contribution in [3.05, 3.63) is 51.4 Å². The molecule has 0 saturated heterocycles. The smallest absolute Gasteiger partial charge is 0.279 e. The third-order valence-corrected chi connectivity index (χ3v) is 3.08. The summed E-state index contributed by atoms with van der Waals surface area (Å²) >= 11 is 1.52. The van der Waals surface area contributed by atoms with Crippen molar-refractivity contribution in [2.24, 2.45) is 0 Å². The highest BCUT2D eigenvalue weighted by Gasteiger charge is 2.13. The molecule has 80 valence electrons. The van der Waals surface area contributed by atoms with Crippen LogP contribution in [0.5, 0.6) is 0 Å². The van der Waals surface area contributed by atoms with Gasteiger partial charge in [-0.05, 0) is 29.1 Å². The topological polar surface area (TPSA) is 60.2 Å². The van der Waals surface area contributed by atoms with Crippen LogP contribution in [0.25, 0.3) is 10.4 Å². The standard InChI is InChI=1S/C11H7NO3S/c13-7-9-6-8(11-2-1-5-16-11)3-4-10(9)12(14)15/h1-7H. The Morgan fingerprint density at radius 1 is 1.31 bits per heavy atom. The van der Waals surface area contributed by atoms with E-state index in [0.29, 0.717) is 6.29 Å². The van der Waals surface area contributed by atoms with Gasteiger partial charge in [-0.15, -0.1) is 11.3 Å². The molecule has 2 rings (SSSR count). The zero-order chi connectivity index (χ0) is 11.5. The van der Waals surface area contributed by atoms with Crippen molar-refractivity contribution in [3.8, 4) is 10.4 Å². The van der Waals surface area contributed by atoms with Gasteiger partial charge in [0.1, 0.15) is 0 Å². The van der Waals surface area contributed by atoms with E-state index in [-0.39, 0.29) is 11.3 Å². The van der Waals surface area contributed by atoms with Crippen molar-refractivity contribution >= 4 is 23.3 Å². The quantitative estimate of drug-likeness (QED) is 0.465. The maximum atomic E-state index is 10.8. The molecule has 2 aromatic rings. The number of hydrogen-bond acceptors (Lipinski definition) is 4. The Morgan fingerprint density at radius 3 is 2.69 bits per heavy atom. The summed E-state index contributed by atoms with van der Waals surface area (Å²) in [5.41, 5.74) is 0.772. The molecule has 0 spiro atoms. The van der Waals surface area contributed by atoms with Crippen molar-refractivity contribution in [1.29, 1.82) is 0 Å². The largest absolute Gasteiger partial charge is 0.298 e. The molecule has 0 unspecified atom stereocenters. The summed E-state index contributed by atoms with van der Waals surface area (Å²) in [5, 5.41) is 12.5. The molecule has 0 N–H and O–H groups in total. The number of carbonyl (C=O) groups is 1. The molecule has 16 heavy (non-hydrogen) atoms. The molecule has 0 aliphatic carbocycles. The van der Waals surface area contributed by atoms with Gasteiger partial charge >= 0.3 is 0 Å². The van der Waals surface area contributed by atoms with Crippen LogP contribution >= 0.6 is 11.3 Å². The van der Waals surface area contributed by atoms with Gasteiger partial charge < -0.3 is 0 Å². The first-order valence-corrected chi connectivity index (χ1v) is 5.38. The van der Waals surface area contributed by atoms with Gasteiger partial charge in [-0.1, -0.05) is 6.07 Å². The summed E-state index contributed by atoms with van der Waals surface area (Å²) in [6, 6.07) is 8.34. The lowest BCUT2D eigenvalue weighted by molar-refractivity contribution is -0.385. The zero-order valence-electron chi connectivity index (χ0n) is 8.12. The first-order chi connectivity index (χ1) is 7.72. The minimum absolute atomic E-state index is 0.107. The number of rotatable bonds is 3. The van der Waals surface area contributed by atoms with E-state index < -0.39 is 4.92 Å². The summed E-state index contributed by atoms with van der Waals surface area (Å²) in [7, 11) is 0. The Bertz CT molecular complexity index is 534. The van der Waals surface area contributed by atoms with E-state index in [1.54, 1.807) is 6.07 Å². The maximum absolute atomic E-state index is 10.8. The van der Waals surface area contributed by atoms with Crippen LogP contribution in [0.2, 0.25) is 0 Å². The lowest BCUT2D eigenvalue weighted by Gasteiger charge is -1.99. The summed E-state index contributed by atoms with van der Waals surface area (Å²) in [4.78, 5) is 21.8. The van der Waals surface area contributed by atoms with Gasteiger partial charge in [-0.2, -0.15) is 0 Å². The average molecular weight is 233 g/mol. The highest BCUT2D eigenvalue weighted by atomic mass is 32.1. The molecule has 0 aliphatic heterocycles. The number of nitro benzene ring substituents is 1. The summed E-state index contributed by atoms with van der Waals surface area (Å²) in [6.45, 7) is 0. The van der Waals surface area contributed by atoms with Crippen LogP contribution in [-0.2, 0) is 0 Å². The second-order valence-electron chi connectivity index (χ2n) is 3.13. The fourth-order valence-electron chi connectivity index (χ4n) is 1.41. The third kappa shape index (κ3) is 1.85. The molecular weight excluding hydrogens is 226 g/mol. The van der Waals surface area contributed by atoms with Crippen molar-refractivity contribution in [3.63, 3.8) is 0 Å². The Hall–Kier alpha value is -2.01. The van der Waals surface area contributed by atoms with Crippen molar-refractivity contribution in [1.82, 2.24) is 0 Å². The van der Waals surface area contributed by atoms with Crippen LogP contribution in [0.4, 0.5) is 5.69 Å². The lowest BCUT2D eigenvalue weighted by atomic mass is 10.1. The van der Waals surface area contributed by atoms with E-state index in [4.69, 9.17) is 0 Å². The van der Waals surface area contributed by atoms with E-state index in [0.717, 1.165) is 10.4 Å². The zero-order valence-corrected chi connectivity index (χ0v) is 8.94. The molecule has 0 atom stereocenters. The number of aldehydes is 1. The predicted molar refractivity (Wildman–Crippen MR) is 61.8 cm³/mol. The van der Waals surface area contributed by atoms with E-state index in [1.807, 2.05) is 17.5 Å². The summed E-state index contributed by atoms with van der Waals surface area (Å²) in [6.07, 6.45) is 0.509. The Labute approximate surface area is 95.3 Å². The minimum Gasteiger partial charge on any atom is -0.298 e. The number of carbonyl (C=O) groups excluding carboxylic acids is 1. The Kier molecular flexibility index (Phi) is 2.78. The monoisotopic (exact) mass is 233 g/mol. The fraction of sp³-hybridized carbons (Fsp3) is 0. The first-order valence-electron chi connectivity index (χ1n) is 4.50. The number of nitro groups is 1. The number of benzene rings is 1. The maximum Gasteiger partial charge on any atom is 0.279 e. The molecule has 0 amide bonds. The van der Waals surface area contributed by atoms with E-state index in [1.165, 1.54) is 23.5 Å². The van der Waals surface area contributed by atoms with E-state index in [9.17, 15) is 14.9 Å². The first kappa shape index (κ1) is 10.5. The van der Waals surface area contributed by atoms with Crippen molar-refractivity contribution in [2.45, 2.75) is 0 Å². The summed E-state index contributed by atoms with van der Waals surface area (Å²) < 4.78 is 0. The number of thiophene rings is 1. The molecular formula is C11H7NO3S. The van der Waals surface area contributed by atoms with E-state index in [2.05, 4.69) is 0 Å². The molecule has 1 heterocycles. The average Bonchev–Trinajstić information content (AvgIpc) is 2.81. The van der Waals surface area contributed by atoms with Gasteiger partial charge in [-0.3, -0.25) is 14.9 Å². The van der Waals surface area contributed by atoms with E-state index >= 15 is 0 Å². The molecule has 0 fully saturated rings. The third-order valence-electron chi connectivity index (χ3n) is 2.16. The minimum atomic E-state index is -0.554. The van der Waals surface area contributed by atoms with Crippen LogP contribution in [0, 0.1) is 10.1 Å². The Balaban J connectivity index is 2.53. The highest BCUT2D eigenvalue weighted by Crippen LogP contribution is 2.28. The van der Waals surface area contributed by atoms with Gasteiger partial charge in [0.05, 0.1) is 10.5 Å². The second kappa shape index (κ2) is 4.24. The van der Waals surface area contributed by atoms with Crippen molar-refractivity contribution < 1.29 is 9.72 Å². The molecule has 5 heteroatoms. The molecule has 4 nitrogen and oxygen atoms in total. The molecule has 0 bridgehead atoms. The van der Waals surface area contributed by atoms with Gasteiger partial charge in [0.25, 0.3) is 5.69 Å². The molecule has 0 saturated carbocycles. The normalized spacial score (nSPS) is 10.0. The lowest BCUT2D eigenvalue weighted by Crippen LogP contribution is -1.94. The Morgan fingerprint density at radius 2 is 2.12 bits per heavy atom. The summed E-state index contributed by atoms with van der Waals surface area (Å²) in [5.74, 6) is 0. The van der Waals surface area contributed by atoms with Crippen LogP contribution in [0.15, 0.2) is 35.7 Å².